The molecule has 6 nitrogen and oxygen atoms in total. The molecule has 0 radical (unpaired) electrons. The van der Waals surface area contributed by atoms with Crippen molar-refractivity contribution in [2.45, 2.75) is 38.3 Å². The van der Waals surface area contributed by atoms with E-state index in [0.29, 0.717) is 29.8 Å². The summed E-state index contributed by atoms with van der Waals surface area (Å²) in [5, 5.41) is 12.2. The molecule has 3 aromatic rings. The number of fused-ring (bicyclic) bond motifs is 1. The highest BCUT2D eigenvalue weighted by atomic mass is 19.1. The van der Waals surface area contributed by atoms with E-state index in [-0.39, 0.29) is 48.7 Å². The van der Waals surface area contributed by atoms with E-state index in [1.54, 1.807) is 11.0 Å². The number of carbonyl (C=O) groups is 2. The van der Waals surface area contributed by atoms with Crippen molar-refractivity contribution in [3.05, 3.63) is 88.1 Å². The van der Waals surface area contributed by atoms with E-state index < -0.39 is 11.6 Å². The maximum absolute atomic E-state index is 14.4. The van der Waals surface area contributed by atoms with Crippen LogP contribution in [0.15, 0.2) is 48.5 Å². The van der Waals surface area contributed by atoms with Crippen molar-refractivity contribution in [1.29, 1.82) is 0 Å². The number of amides is 2. The minimum absolute atomic E-state index is 0.00919. The predicted molar refractivity (Wildman–Crippen MR) is 126 cm³/mol. The zero-order chi connectivity index (χ0) is 24.5. The van der Waals surface area contributed by atoms with Crippen LogP contribution in [-0.2, 0) is 24.2 Å². The molecule has 2 aliphatic rings. The number of hydrogen-bond acceptors (Lipinski definition) is 4. The van der Waals surface area contributed by atoms with Gasteiger partial charge in [-0.25, -0.2) is 8.78 Å². The van der Waals surface area contributed by atoms with Gasteiger partial charge in [-0.15, -0.1) is 0 Å². The summed E-state index contributed by atoms with van der Waals surface area (Å²) in [6, 6.07) is 12.6. The number of aliphatic hydroxyl groups excluding tert-OH is 1. The van der Waals surface area contributed by atoms with E-state index in [2.05, 4.69) is 10.3 Å². The normalized spacial score (nSPS) is 16.9. The number of hydrogen-bond donors (Lipinski definition) is 2. The van der Waals surface area contributed by atoms with Gasteiger partial charge in [-0.1, -0.05) is 30.3 Å². The minimum Gasteiger partial charge on any atom is -0.394 e. The molecule has 5 rings (SSSR count). The van der Waals surface area contributed by atoms with Crippen LogP contribution in [0, 0.1) is 11.6 Å². The number of nitrogens with one attached hydrogen (secondary N) is 1. The van der Waals surface area contributed by atoms with Crippen molar-refractivity contribution in [2.75, 3.05) is 13.2 Å². The van der Waals surface area contributed by atoms with E-state index in [4.69, 9.17) is 0 Å². The average Bonchev–Trinajstić information content (AvgIpc) is 3.47. The number of aromatic nitrogens is 1. The summed E-state index contributed by atoms with van der Waals surface area (Å²) in [5.74, 6) is -1.69. The Morgan fingerprint density at radius 3 is 2.51 bits per heavy atom. The Hall–Kier alpha value is -3.65. The Bertz CT molecular complexity index is 1270. The lowest BCUT2D eigenvalue weighted by Crippen LogP contribution is -2.38. The lowest BCUT2D eigenvalue weighted by molar-refractivity contribution is -0.132. The quantitative estimate of drug-likeness (QED) is 0.570. The second-order valence-corrected chi connectivity index (χ2v) is 9.00. The van der Waals surface area contributed by atoms with E-state index in [9.17, 15) is 23.5 Å². The first-order chi connectivity index (χ1) is 16.9. The van der Waals surface area contributed by atoms with Crippen molar-refractivity contribution in [3.8, 4) is 11.3 Å². The van der Waals surface area contributed by atoms with Crippen LogP contribution >= 0.6 is 0 Å². The molecule has 2 aromatic carbocycles. The fourth-order valence-corrected chi connectivity index (χ4v) is 4.93. The maximum Gasteiger partial charge on any atom is 0.253 e. The largest absolute Gasteiger partial charge is 0.394 e. The molecular weight excluding hydrogens is 452 g/mol. The van der Waals surface area contributed by atoms with Crippen molar-refractivity contribution in [1.82, 2.24) is 15.2 Å². The van der Waals surface area contributed by atoms with Gasteiger partial charge in [-0.3, -0.25) is 14.6 Å². The van der Waals surface area contributed by atoms with Crippen molar-refractivity contribution < 1.29 is 23.5 Å². The zero-order valence-electron chi connectivity index (χ0n) is 19.1. The molecule has 1 aromatic heterocycles. The number of carbonyl (C=O) groups excluding carboxylic acids is 2. The fourth-order valence-electron chi connectivity index (χ4n) is 4.93. The Morgan fingerprint density at radius 2 is 1.80 bits per heavy atom. The van der Waals surface area contributed by atoms with Gasteiger partial charge in [0, 0.05) is 19.5 Å². The summed E-state index contributed by atoms with van der Waals surface area (Å²) in [6.45, 7) is 0.921. The monoisotopic (exact) mass is 477 g/mol. The lowest BCUT2D eigenvalue weighted by Gasteiger charge is -2.23. The Kier molecular flexibility index (Phi) is 6.30. The van der Waals surface area contributed by atoms with Gasteiger partial charge < -0.3 is 15.3 Å². The molecule has 2 amide bonds. The summed E-state index contributed by atoms with van der Waals surface area (Å²) < 4.78 is 28.8. The van der Waals surface area contributed by atoms with E-state index in [1.807, 2.05) is 24.3 Å². The first-order valence-corrected chi connectivity index (χ1v) is 11.7. The molecule has 35 heavy (non-hydrogen) atoms. The smallest absolute Gasteiger partial charge is 0.253 e. The van der Waals surface area contributed by atoms with Crippen LogP contribution in [0.3, 0.4) is 0 Å². The van der Waals surface area contributed by atoms with Gasteiger partial charge in [0.25, 0.3) is 5.91 Å². The molecule has 2 aliphatic heterocycles. The third kappa shape index (κ3) is 4.53. The molecule has 1 atom stereocenters. The van der Waals surface area contributed by atoms with Gasteiger partial charge >= 0.3 is 0 Å². The molecule has 3 heterocycles. The van der Waals surface area contributed by atoms with Crippen LogP contribution < -0.4 is 5.32 Å². The molecule has 0 spiro atoms. The van der Waals surface area contributed by atoms with E-state index in [1.165, 1.54) is 18.2 Å². The van der Waals surface area contributed by atoms with Gasteiger partial charge in [-0.05, 0) is 47.7 Å². The van der Waals surface area contributed by atoms with Crippen LogP contribution in [-0.4, -0.2) is 46.0 Å². The molecule has 0 aliphatic carbocycles. The van der Waals surface area contributed by atoms with Crippen molar-refractivity contribution in [2.24, 2.45) is 0 Å². The van der Waals surface area contributed by atoms with Gasteiger partial charge in [0.1, 0.15) is 11.6 Å². The van der Waals surface area contributed by atoms with E-state index in [0.717, 1.165) is 24.0 Å². The summed E-state index contributed by atoms with van der Waals surface area (Å²) in [4.78, 5) is 31.3. The second-order valence-electron chi connectivity index (χ2n) is 9.00. The molecular formula is C27H25F2N3O3. The van der Waals surface area contributed by atoms with Gasteiger partial charge in [0.15, 0.2) is 0 Å². The molecule has 2 N–H and O–H groups in total. The van der Waals surface area contributed by atoms with Crippen LogP contribution in [0.5, 0.6) is 0 Å². The number of nitrogens with zero attached hydrogens (tertiary/aromatic N) is 2. The van der Waals surface area contributed by atoms with Gasteiger partial charge in [-0.2, -0.15) is 0 Å². The standard InChI is InChI=1S/C27H25F2N3O3/c28-20-4-1-5-21(29)26(20)23-13-18-14-30-27(35)25(18)22(31-23)11-16-6-8-17(9-7-16)12-24(34)32-10-2-3-19(32)15-33/h1,4-9,13,19,33H,2-3,10-12,14-15H2,(H,30,35)/t19-/m0/s1. The highest BCUT2D eigenvalue weighted by Crippen LogP contribution is 2.30. The Morgan fingerprint density at radius 1 is 1.09 bits per heavy atom. The average molecular weight is 478 g/mol. The minimum atomic E-state index is -0.712. The Labute approximate surface area is 201 Å². The summed E-state index contributed by atoms with van der Waals surface area (Å²) in [7, 11) is 0. The van der Waals surface area contributed by atoms with Crippen molar-refractivity contribution in [3.63, 3.8) is 0 Å². The topological polar surface area (TPSA) is 82.5 Å². The van der Waals surface area contributed by atoms with E-state index >= 15 is 0 Å². The van der Waals surface area contributed by atoms with Gasteiger partial charge in [0.05, 0.1) is 41.6 Å². The highest BCUT2D eigenvalue weighted by molar-refractivity contribution is 5.99. The second kappa shape index (κ2) is 9.54. The number of halogens is 2. The SMILES string of the molecule is O=C1NCc2cc(-c3c(F)cccc3F)nc(Cc3ccc(CC(=O)N4CCC[C@H]4CO)cc3)c21. The zero-order valence-corrected chi connectivity index (χ0v) is 19.1. The van der Waals surface area contributed by atoms with Crippen LogP contribution in [0.2, 0.25) is 0 Å². The molecule has 180 valence electrons. The number of rotatable bonds is 6. The Balaban J connectivity index is 1.39. The number of benzene rings is 2. The third-order valence-electron chi connectivity index (χ3n) is 6.72. The van der Waals surface area contributed by atoms with Gasteiger partial charge in [0.2, 0.25) is 5.91 Å². The van der Waals surface area contributed by atoms with Crippen molar-refractivity contribution >= 4 is 11.8 Å². The first-order valence-electron chi connectivity index (χ1n) is 11.7. The molecule has 0 bridgehead atoms. The fraction of sp³-hybridized carbons (Fsp3) is 0.296. The number of aliphatic hydroxyl groups is 1. The lowest BCUT2D eigenvalue weighted by atomic mass is 9.98. The van der Waals surface area contributed by atoms with Crippen LogP contribution in [0.4, 0.5) is 8.78 Å². The maximum atomic E-state index is 14.4. The highest BCUT2D eigenvalue weighted by Gasteiger charge is 2.28. The molecule has 0 unspecified atom stereocenters. The summed E-state index contributed by atoms with van der Waals surface area (Å²) >= 11 is 0. The molecule has 1 fully saturated rings. The number of likely N-dealkylation sites (tertiary alicyclic amines) is 1. The predicted octanol–water partition coefficient (Wildman–Crippen LogP) is 3.39. The summed E-state index contributed by atoms with van der Waals surface area (Å²) in [5.41, 5.74) is 3.18. The molecule has 0 saturated carbocycles. The first kappa shape index (κ1) is 23.1. The third-order valence-corrected chi connectivity index (χ3v) is 6.72. The van der Waals surface area contributed by atoms with Crippen LogP contribution in [0.1, 0.15) is 45.6 Å². The van der Waals surface area contributed by atoms with Crippen LogP contribution in [0.25, 0.3) is 11.3 Å². The molecule has 8 heteroatoms. The molecule has 1 saturated heterocycles. The summed E-state index contributed by atoms with van der Waals surface area (Å²) in [6.07, 6.45) is 2.26. The number of pyridine rings is 1.